The summed E-state index contributed by atoms with van der Waals surface area (Å²) in [5.74, 6) is -0.444. The van der Waals surface area contributed by atoms with Crippen molar-refractivity contribution in [2.45, 2.75) is 23.8 Å². The summed E-state index contributed by atoms with van der Waals surface area (Å²) in [6.07, 6.45) is -0.0448. The number of alkyl carbamates (subject to hydrolysis) is 1. The van der Waals surface area contributed by atoms with Crippen LogP contribution in [-0.2, 0) is 26.0 Å². The number of ether oxygens (including phenoxy) is 1. The summed E-state index contributed by atoms with van der Waals surface area (Å²) in [7, 11) is -2.63. The van der Waals surface area contributed by atoms with Gasteiger partial charge >= 0.3 is 6.09 Å². The zero-order chi connectivity index (χ0) is 22.9. The average molecular weight is 451 g/mol. The number of anilines is 2. The zero-order valence-electron chi connectivity index (χ0n) is 17.0. The number of carbonyl (C=O) groups is 2. The lowest BCUT2D eigenvalue weighted by Gasteiger charge is -2.18. The summed E-state index contributed by atoms with van der Waals surface area (Å²) in [6.45, 7) is -0.659. The number of benzene rings is 2. The van der Waals surface area contributed by atoms with E-state index in [1.54, 1.807) is 24.3 Å². The van der Waals surface area contributed by atoms with E-state index in [0.717, 1.165) is 5.56 Å². The van der Waals surface area contributed by atoms with Crippen molar-refractivity contribution in [2.75, 3.05) is 31.3 Å². The maximum absolute atomic E-state index is 12.5. The van der Waals surface area contributed by atoms with Crippen molar-refractivity contribution in [3.63, 3.8) is 0 Å². The van der Waals surface area contributed by atoms with Crippen LogP contribution < -0.4 is 21.1 Å². The van der Waals surface area contributed by atoms with Crippen LogP contribution in [-0.4, -0.2) is 51.8 Å². The third kappa shape index (κ3) is 7.55. The van der Waals surface area contributed by atoms with E-state index in [0.29, 0.717) is 17.8 Å². The highest BCUT2D eigenvalue weighted by molar-refractivity contribution is 7.89. The van der Waals surface area contributed by atoms with Gasteiger partial charge in [-0.15, -0.1) is 0 Å². The number of nitrogen functional groups attached to an aromatic ring is 1. The number of nitrogens with two attached hydrogens (primary N) is 1. The van der Waals surface area contributed by atoms with Crippen LogP contribution in [0.5, 0.6) is 0 Å². The first-order valence-electron chi connectivity index (χ1n) is 9.43. The van der Waals surface area contributed by atoms with Crippen molar-refractivity contribution in [1.29, 1.82) is 0 Å². The second-order valence-corrected chi connectivity index (χ2v) is 8.37. The molecule has 0 bridgehead atoms. The predicted octanol–water partition coefficient (Wildman–Crippen LogP) is 0.835. The summed E-state index contributed by atoms with van der Waals surface area (Å²) in [6, 6.07) is 12.0. The molecule has 1 atom stereocenters. The third-order valence-electron chi connectivity index (χ3n) is 4.36. The number of hydrogen-bond acceptors (Lipinski definition) is 7. The Balaban J connectivity index is 2.00. The van der Waals surface area contributed by atoms with Crippen LogP contribution in [0, 0.1) is 0 Å². The first kappa shape index (κ1) is 24.1. The third-order valence-corrected chi connectivity index (χ3v) is 5.90. The summed E-state index contributed by atoms with van der Waals surface area (Å²) < 4.78 is 31.9. The number of para-hydroxylation sites is 1. The molecular weight excluding hydrogens is 424 g/mol. The van der Waals surface area contributed by atoms with E-state index in [1.165, 1.54) is 31.4 Å². The van der Waals surface area contributed by atoms with Gasteiger partial charge in [-0.25, -0.2) is 17.9 Å². The Morgan fingerprint density at radius 1 is 1.13 bits per heavy atom. The van der Waals surface area contributed by atoms with Crippen LogP contribution in [0.3, 0.4) is 0 Å². The molecule has 168 valence electrons. The molecule has 10 nitrogen and oxygen atoms in total. The maximum atomic E-state index is 12.5. The van der Waals surface area contributed by atoms with E-state index in [4.69, 9.17) is 5.73 Å². The molecule has 31 heavy (non-hydrogen) atoms. The van der Waals surface area contributed by atoms with Gasteiger partial charge in [0.2, 0.25) is 15.9 Å². The molecule has 2 rings (SSSR count). The summed E-state index contributed by atoms with van der Waals surface area (Å²) >= 11 is 0. The molecule has 0 heterocycles. The topological polar surface area (TPSA) is 160 Å². The van der Waals surface area contributed by atoms with E-state index in [1.807, 2.05) is 0 Å². The summed E-state index contributed by atoms with van der Waals surface area (Å²) in [5, 5.41) is 14.6. The minimum absolute atomic E-state index is 0.0471. The molecule has 0 saturated heterocycles. The molecule has 2 aromatic carbocycles. The Hall–Kier alpha value is -3.15. The molecule has 0 saturated carbocycles. The van der Waals surface area contributed by atoms with E-state index < -0.39 is 34.7 Å². The predicted molar refractivity (Wildman–Crippen MR) is 116 cm³/mol. The van der Waals surface area contributed by atoms with Crippen molar-refractivity contribution in [1.82, 2.24) is 10.0 Å². The number of amides is 2. The normalized spacial score (nSPS) is 12.1. The molecule has 2 amide bonds. The molecule has 1 unspecified atom stereocenters. The van der Waals surface area contributed by atoms with Crippen molar-refractivity contribution in [3.8, 4) is 0 Å². The van der Waals surface area contributed by atoms with E-state index in [2.05, 4.69) is 20.1 Å². The molecule has 6 N–H and O–H groups in total. The Kier molecular flexibility index (Phi) is 8.79. The van der Waals surface area contributed by atoms with Gasteiger partial charge in [0.1, 0.15) is 6.54 Å². The highest BCUT2D eigenvalue weighted by Crippen LogP contribution is 2.18. The molecule has 0 aliphatic rings. The number of hydrogen-bond donors (Lipinski definition) is 5. The lowest BCUT2D eigenvalue weighted by molar-refractivity contribution is -0.115. The molecule has 0 aliphatic heterocycles. The smallest absolute Gasteiger partial charge is 0.407 e. The molecule has 0 aliphatic carbocycles. The molecule has 0 fully saturated rings. The lowest BCUT2D eigenvalue weighted by atomic mass is 10.0. The first-order chi connectivity index (χ1) is 14.7. The van der Waals surface area contributed by atoms with Crippen LogP contribution in [0.25, 0.3) is 0 Å². The van der Waals surface area contributed by atoms with Crippen LogP contribution in [0.2, 0.25) is 0 Å². The number of methoxy groups -OCH3 is 1. The molecule has 2 aromatic rings. The molecule has 0 aromatic heterocycles. The van der Waals surface area contributed by atoms with E-state index in [9.17, 15) is 23.1 Å². The Bertz CT molecular complexity index is 995. The molecule has 0 radical (unpaired) electrons. The van der Waals surface area contributed by atoms with Gasteiger partial charge < -0.3 is 26.2 Å². The van der Waals surface area contributed by atoms with Gasteiger partial charge in [0, 0.05) is 17.4 Å². The highest BCUT2D eigenvalue weighted by atomic mass is 32.2. The quantitative estimate of drug-likeness (QED) is 0.335. The number of carbonyl (C=O) groups excluding carboxylic acids is 2. The van der Waals surface area contributed by atoms with Gasteiger partial charge in [-0.1, -0.05) is 18.2 Å². The van der Waals surface area contributed by atoms with E-state index >= 15 is 0 Å². The van der Waals surface area contributed by atoms with Crippen molar-refractivity contribution in [2.24, 2.45) is 0 Å². The number of sulfonamides is 1. The summed E-state index contributed by atoms with van der Waals surface area (Å²) in [4.78, 5) is 23.2. The van der Waals surface area contributed by atoms with Crippen LogP contribution >= 0.6 is 0 Å². The minimum atomic E-state index is -3.83. The van der Waals surface area contributed by atoms with Crippen LogP contribution in [0.1, 0.15) is 12.0 Å². The van der Waals surface area contributed by atoms with Crippen molar-refractivity contribution >= 4 is 33.4 Å². The highest BCUT2D eigenvalue weighted by Gasteiger charge is 2.20. The number of aliphatic hydroxyl groups excluding tert-OH is 1. The van der Waals surface area contributed by atoms with E-state index in [-0.39, 0.29) is 17.9 Å². The number of aryl methyl sites for hydroxylation is 1. The van der Waals surface area contributed by atoms with Crippen molar-refractivity contribution in [3.05, 3.63) is 54.1 Å². The number of nitrogens with one attached hydrogen (secondary N) is 3. The van der Waals surface area contributed by atoms with Crippen LogP contribution in [0.4, 0.5) is 16.2 Å². The monoisotopic (exact) mass is 450 g/mol. The summed E-state index contributed by atoms with van der Waals surface area (Å²) in [5.41, 5.74) is 7.30. The van der Waals surface area contributed by atoms with Gasteiger partial charge in [0.25, 0.3) is 0 Å². The molecular formula is C20H26N4O6S. The Morgan fingerprint density at radius 3 is 2.45 bits per heavy atom. The van der Waals surface area contributed by atoms with Gasteiger partial charge in [0.05, 0.1) is 18.6 Å². The number of rotatable bonds is 10. The molecule has 0 spiro atoms. The minimum Gasteiger partial charge on any atom is -0.453 e. The largest absolute Gasteiger partial charge is 0.453 e. The number of aliphatic hydroxyl groups is 1. The van der Waals surface area contributed by atoms with Gasteiger partial charge in [-0.2, -0.15) is 0 Å². The second kappa shape index (κ2) is 11.3. The Morgan fingerprint density at radius 2 is 1.81 bits per heavy atom. The van der Waals surface area contributed by atoms with Crippen LogP contribution in [0.15, 0.2) is 53.4 Å². The first-order valence-corrected chi connectivity index (χ1v) is 10.9. The molecule has 11 heteroatoms. The zero-order valence-corrected chi connectivity index (χ0v) is 17.8. The SMILES string of the molecule is COC(=O)NCC(=O)Nc1ccccc1CCC(CO)NS(=O)(=O)c1ccc(N)cc1. The lowest BCUT2D eigenvalue weighted by Crippen LogP contribution is -2.37. The van der Waals surface area contributed by atoms with Gasteiger partial charge in [-0.3, -0.25) is 4.79 Å². The standard InChI is InChI=1S/C20H26N4O6S/c1-30-20(27)22-12-19(26)23-18-5-3-2-4-14(18)6-9-16(13-25)24-31(28,29)17-10-7-15(21)8-11-17/h2-5,7-8,10-11,16,24-25H,6,9,12-13,21H2,1H3,(H,22,27)(H,23,26). The maximum Gasteiger partial charge on any atom is 0.407 e. The fourth-order valence-corrected chi connectivity index (χ4v) is 3.99. The van der Waals surface area contributed by atoms with Gasteiger partial charge in [-0.05, 0) is 48.7 Å². The Labute approximate surface area is 180 Å². The fourth-order valence-electron chi connectivity index (χ4n) is 2.73. The fraction of sp³-hybridized carbons (Fsp3) is 0.300. The average Bonchev–Trinajstić information content (AvgIpc) is 2.76. The van der Waals surface area contributed by atoms with Crippen molar-refractivity contribution < 1.29 is 27.9 Å². The second-order valence-electron chi connectivity index (χ2n) is 6.66. The van der Waals surface area contributed by atoms with Gasteiger partial charge in [0.15, 0.2) is 0 Å².